The van der Waals surface area contributed by atoms with Crippen LogP contribution in [-0.4, -0.2) is 13.0 Å². The van der Waals surface area contributed by atoms with E-state index in [1.54, 1.807) is 36.3 Å². The largest absolute Gasteiger partial charge is 0.497 e. The minimum atomic E-state index is -0.650. The SMILES string of the molecule is COc1cccc(N2C(=O)c3oc4ccc(Cl)cc4c(=O)c3C2c2ccc(C(C)(C)C)cc2)c1. The van der Waals surface area contributed by atoms with Crippen LogP contribution in [0.25, 0.3) is 11.0 Å². The third kappa shape index (κ3) is 3.57. The average Bonchev–Trinajstić information content (AvgIpc) is 3.11. The summed E-state index contributed by atoms with van der Waals surface area (Å²) in [5, 5.41) is 0.780. The van der Waals surface area contributed by atoms with Gasteiger partial charge in [0.1, 0.15) is 11.3 Å². The summed E-state index contributed by atoms with van der Waals surface area (Å²) in [7, 11) is 1.57. The summed E-state index contributed by atoms with van der Waals surface area (Å²) in [6.07, 6.45) is 0. The van der Waals surface area contributed by atoms with Gasteiger partial charge < -0.3 is 9.15 Å². The second kappa shape index (κ2) is 8.03. The molecule has 0 fully saturated rings. The summed E-state index contributed by atoms with van der Waals surface area (Å²) in [5.41, 5.74) is 2.94. The lowest BCUT2D eigenvalue weighted by molar-refractivity contribution is 0.0971. The minimum Gasteiger partial charge on any atom is -0.497 e. The van der Waals surface area contributed by atoms with Crippen LogP contribution in [0.3, 0.4) is 0 Å². The van der Waals surface area contributed by atoms with E-state index in [9.17, 15) is 9.59 Å². The van der Waals surface area contributed by atoms with Gasteiger partial charge in [-0.15, -0.1) is 0 Å². The normalized spacial score (nSPS) is 15.6. The van der Waals surface area contributed by atoms with E-state index < -0.39 is 6.04 Å². The van der Waals surface area contributed by atoms with E-state index in [-0.39, 0.29) is 22.5 Å². The molecule has 0 radical (unpaired) electrons. The lowest BCUT2D eigenvalue weighted by Crippen LogP contribution is -2.29. The van der Waals surface area contributed by atoms with Crippen LogP contribution >= 0.6 is 11.6 Å². The van der Waals surface area contributed by atoms with Crippen molar-refractivity contribution in [2.24, 2.45) is 0 Å². The first-order chi connectivity index (χ1) is 16.2. The third-order valence-electron chi connectivity index (χ3n) is 6.26. The number of anilines is 1. The maximum absolute atomic E-state index is 13.7. The number of rotatable bonds is 3. The molecule has 3 aromatic carbocycles. The van der Waals surface area contributed by atoms with Crippen molar-refractivity contribution in [2.45, 2.75) is 32.2 Å². The number of amides is 1. The molecule has 2 heterocycles. The van der Waals surface area contributed by atoms with Crippen LogP contribution in [0.1, 0.15) is 54.1 Å². The molecule has 1 aliphatic rings. The zero-order chi connectivity index (χ0) is 24.2. The number of ether oxygens (including phenoxy) is 1. The van der Waals surface area contributed by atoms with E-state index in [0.29, 0.717) is 33.0 Å². The molecular weight excluding hydrogens is 450 g/mol. The van der Waals surface area contributed by atoms with E-state index >= 15 is 0 Å². The van der Waals surface area contributed by atoms with Gasteiger partial charge >= 0.3 is 0 Å². The fourth-order valence-electron chi connectivity index (χ4n) is 4.45. The number of halogens is 1. The highest BCUT2D eigenvalue weighted by Gasteiger charge is 2.43. The molecule has 34 heavy (non-hydrogen) atoms. The van der Waals surface area contributed by atoms with Crippen LogP contribution in [0.5, 0.6) is 5.75 Å². The number of carbonyl (C=O) groups is 1. The summed E-state index contributed by atoms with van der Waals surface area (Å²) in [5.74, 6) is 0.286. The molecule has 4 aromatic rings. The number of hydrogen-bond donors (Lipinski definition) is 0. The average molecular weight is 474 g/mol. The number of methoxy groups -OCH3 is 1. The molecule has 0 saturated carbocycles. The highest BCUT2D eigenvalue weighted by atomic mass is 35.5. The standard InChI is InChI=1S/C28H24ClNO4/c1-28(2,3)17-10-8-16(9-11-17)24-23-25(31)21-14-18(29)12-13-22(21)34-26(23)27(32)30(24)19-6-5-7-20(15-19)33-4/h5-15,24H,1-4H3. The Kier molecular flexibility index (Phi) is 5.25. The molecule has 0 bridgehead atoms. The molecule has 1 aliphatic heterocycles. The van der Waals surface area contributed by atoms with Crippen LogP contribution in [0.2, 0.25) is 5.02 Å². The molecule has 5 nitrogen and oxygen atoms in total. The van der Waals surface area contributed by atoms with Gasteiger partial charge in [-0.2, -0.15) is 0 Å². The van der Waals surface area contributed by atoms with E-state index in [1.165, 1.54) is 0 Å². The summed E-state index contributed by atoms with van der Waals surface area (Å²) in [6, 6.07) is 19.5. The Balaban J connectivity index is 1.77. The van der Waals surface area contributed by atoms with E-state index in [4.69, 9.17) is 20.8 Å². The Morgan fingerprint density at radius 2 is 1.71 bits per heavy atom. The fraction of sp³-hybridized carbons (Fsp3) is 0.214. The van der Waals surface area contributed by atoms with Gasteiger partial charge in [0.2, 0.25) is 5.76 Å². The summed E-state index contributed by atoms with van der Waals surface area (Å²) in [6.45, 7) is 6.43. The van der Waals surface area contributed by atoms with Crippen LogP contribution in [0, 0.1) is 0 Å². The van der Waals surface area contributed by atoms with Crippen molar-refractivity contribution in [1.82, 2.24) is 0 Å². The van der Waals surface area contributed by atoms with Crippen LogP contribution in [-0.2, 0) is 5.41 Å². The molecule has 5 rings (SSSR count). The molecule has 172 valence electrons. The van der Waals surface area contributed by atoms with Crippen molar-refractivity contribution in [3.05, 3.63) is 104 Å². The van der Waals surface area contributed by atoms with Gasteiger partial charge in [-0.05, 0) is 46.9 Å². The molecular formula is C28H24ClNO4. The second-order valence-electron chi connectivity index (χ2n) is 9.47. The number of carbonyl (C=O) groups excluding carboxylic acids is 1. The van der Waals surface area contributed by atoms with Crippen molar-refractivity contribution >= 4 is 34.2 Å². The topological polar surface area (TPSA) is 59.8 Å². The van der Waals surface area contributed by atoms with Crippen molar-refractivity contribution in [3.63, 3.8) is 0 Å². The van der Waals surface area contributed by atoms with E-state index in [0.717, 1.165) is 11.1 Å². The van der Waals surface area contributed by atoms with Crippen molar-refractivity contribution in [1.29, 1.82) is 0 Å². The molecule has 1 amide bonds. The fourth-order valence-corrected chi connectivity index (χ4v) is 4.62. The quantitative estimate of drug-likeness (QED) is 0.340. The summed E-state index contributed by atoms with van der Waals surface area (Å²) >= 11 is 6.17. The first-order valence-corrected chi connectivity index (χ1v) is 11.4. The molecule has 1 unspecified atom stereocenters. The predicted molar refractivity (Wildman–Crippen MR) is 134 cm³/mol. The molecule has 1 aromatic heterocycles. The molecule has 6 heteroatoms. The number of benzene rings is 3. The van der Waals surface area contributed by atoms with Gasteiger partial charge in [-0.3, -0.25) is 14.5 Å². The van der Waals surface area contributed by atoms with Crippen molar-refractivity contribution in [3.8, 4) is 5.75 Å². The molecule has 1 atom stereocenters. The zero-order valence-corrected chi connectivity index (χ0v) is 20.1. The monoisotopic (exact) mass is 473 g/mol. The molecule has 0 spiro atoms. The highest BCUT2D eigenvalue weighted by Crippen LogP contribution is 2.42. The number of hydrogen-bond acceptors (Lipinski definition) is 4. The van der Waals surface area contributed by atoms with Crippen molar-refractivity contribution < 1.29 is 13.9 Å². The Bertz CT molecular complexity index is 1480. The molecule has 0 N–H and O–H groups in total. The first-order valence-electron chi connectivity index (χ1n) is 11.0. The van der Waals surface area contributed by atoms with Gasteiger partial charge in [-0.25, -0.2) is 0 Å². The molecule has 0 aliphatic carbocycles. The second-order valence-corrected chi connectivity index (χ2v) is 9.90. The van der Waals surface area contributed by atoms with Gasteiger partial charge in [-0.1, -0.05) is 62.7 Å². The highest BCUT2D eigenvalue weighted by molar-refractivity contribution is 6.31. The maximum atomic E-state index is 13.7. The van der Waals surface area contributed by atoms with Gasteiger partial charge in [0, 0.05) is 16.8 Å². The smallest absolute Gasteiger partial charge is 0.295 e. The van der Waals surface area contributed by atoms with E-state index in [2.05, 4.69) is 20.8 Å². The van der Waals surface area contributed by atoms with Crippen LogP contribution in [0.4, 0.5) is 5.69 Å². The minimum absolute atomic E-state index is 0.0274. The zero-order valence-electron chi connectivity index (χ0n) is 19.4. The van der Waals surface area contributed by atoms with Crippen molar-refractivity contribution in [2.75, 3.05) is 12.0 Å². The lowest BCUT2D eigenvalue weighted by Gasteiger charge is -2.26. The Morgan fingerprint density at radius 1 is 0.971 bits per heavy atom. The Morgan fingerprint density at radius 3 is 2.38 bits per heavy atom. The maximum Gasteiger partial charge on any atom is 0.295 e. The van der Waals surface area contributed by atoms with Crippen LogP contribution in [0.15, 0.2) is 75.9 Å². The van der Waals surface area contributed by atoms with Gasteiger partial charge in [0.25, 0.3) is 5.91 Å². The number of nitrogens with zero attached hydrogens (tertiary/aromatic N) is 1. The van der Waals surface area contributed by atoms with Gasteiger partial charge in [0.05, 0.1) is 24.1 Å². The predicted octanol–water partition coefficient (Wildman–Crippen LogP) is 6.50. The number of fused-ring (bicyclic) bond motifs is 2. The lowest BCUT2D eigenvalue weighted by atomic mass is 9.86. The summed E-state index contributed by atoms with van der Waals surface area (Å²) < 4.78 is 11.4. The Labute approximate surface area is 202 Å². The third-order valence-corrected chi connectivity index (χ3v) is 6.49. The first kappa shape index (κ1) is 22.2. The Hall–Kier alpha value is -3.57. The van der Waals surface area contributed by atoms with Gasteiger partial charge in [0.15, 0.2) is 5.43 Å². The van der Waals surface area contributed by atoms with Crippen LogP contribution < -0.4 is 15.1 Å². The summed E-state index contributed by atoms with van der Waals surface area (Å²) in [4.78, 5) is 29.0. The van der Waals surface area contributed by atoms with E-state index in [1.807, 2.05) is 42.5 Å². The molecule has 0 saturated heterocycles.